The third-order valence-electron chi connectivity index (χ3n) is 4.91. The molecule has 2 aromatic rings. The van der Waals surface area contributed by atoms with Crippen molar-refractivity contribution < 1.29 is 19.1 Å². The number of esters is 1. The molecule has 0 aromatic carbocycles. The fraction of sp³-hybridized carbons (Fsp3) is 0.571. The highest BCUT2D eigenvalue weighted by molar-refractivity contribution is 7.11. The maximum Gasteiger partial charge on any atom is 0.367 e. The average molecular weight is 420 g/mol. The number of ether oxygens (including phenoxy) is 2. The van der Waals surface area contributed by atoms with Gasteiger partial charge in [0.25, 0.3) is 5.91 Å². The third kappa shape index (κ3) is 5.05. The van der Waals surface area contributed by atoms with Crippen LogP contribution < -0.4 is 5.32 Å². The molecule has 0 radical (unpaired) electrons. The summed E-state index contributed by atoms with van der Waals surface area (Å²) in [6.45, 7) is 10.2. The minimum Gasteiger partial charge on any atom is -0.461 e. The molecule has 29 heavy (non-hydrogen) atoms. The lowest BCUT2D eigenvalue weighted by molar-refractivity contribution is 0.0526. The summed E-state index contributed by atoms with van der Waals surface area (Å²) in [7, 11) is 0. The van der Waals surface area contributed by atoms with Gasteiger partial charge in [-0.2, -0.15) is 0 Å². The Bertz CT molecular complexity index is 865. The highest BCUT2D eigenvalue weighted by Gasteiger charge is 2.25. The summed E-state index contributed by atoms with van der Waals surface area (Å²) >= 11 is 1.25. The summed E-state index contributed by atoms with van der Waals surface area (Å²) in [5.74, 6) is -0.143. The largest absolute Gasteiger partial charge is 0.461 e. The van der Waals surface area contributed by atoms with Gasteiger partial charge in [0, 0.05) is 30.8 Å². The van der Waals surface area contributed by atoms with Crippen molar-refractivity contribution in [1.29, 1.82) is 0 Å². The first-order valence-corrected chi connectivity index (χ1v) is 11.0. The lowest BCUT2D eigenvalue weighted by Gasteiger charge is -2.15. The van der Waals surface area contributed by atoms with Crippen LogP contribution in [-0.4, -0.2) is 47.3 Å². The summed E-state index contributed by atoms with van der Waals surface area (Å²) in [6, 6.07) is 1.87. The molecule has 0 saturated carbocycles. The number of nitrogens with zero attached hydrogens (tertiary/aromatic N) is 2. The zero-order valence-electron chi connectivity index (χ0n) is 17.5. The van der Waals surface area contributed by atoms with E-state index >= 15 is 0 Å². The summed E-state index contributed by atoms with van der Waals surface area (Å²) in [5, 5.41) is 5.14. The van der Waals surface area contributed by atoms with Gasteiger partial charge in [-0.05, 0) is 38.7 Å². The molecule has 0 bridgehead atoms. The second kappa shape index (κ2) is 9.54. The van der Waals surface area contributed by atoms with Crippen LogP contribution in [0.25, 0.3) is 11.4 Å². The number of nitrogens with one attached hydrogen (secondary N) is 1. The predicted molar refractivity (Wildman–Crippen MR) is 112 cm³/mol. The number of thiazole rings is 1. The van der Waals surface area contributed by atoms with E-state index in [1.165, 1.54) is 11.3 Å². The molecule has 3 heterocycles. The SMILES string of the molecule is CCOC(=O)c1nc(-c2cc(C(=O)NCC(C)C)c(C)n2CC2CCCO2)cs1. The van der Waals surface area contributed by atoms with E-state index in [1.54, 1.807) is 6.92 Å². The lowest BCUT2D eigenvalue weighted by atomic mass is 10.2. The summed E-state index contributed by atoms with van der Waals surface area (Å²) < 4.78 is 13.0. The van der Waals surface area contributed by atoms with Crippen LogP contribution in [0.3, 0.4) is 0 Å². The first kappa shape index (κ1) is 21.5. The molecular weight excluding hydrogens is 390 g/mol. The van der Waals surface area contributed by atoms with Crippen molar-refractivity contribution in [2.24, 2.45) is 5.92 Å². The molecule has 158 valence electrons. The Morgan fingerprint density at radius 1 is 1.45 bits per heavy atom. The van der Waals surface area contributed by atoms with Crippen LogP contribution in [0.1, 0.15) is 59.5 Å². The molecule has 1 atom stereocenters. The zero-order chi connectivity index (χ0) is 21.0. The van der Waals surface area contributed by atoms with Crippen molar-refractivity contribution in [2.75, 3.05) is 19.8 Å². The Morgan fingerprint density at radius 3 is 2.90 bits per heavy atom. The van der Waals surface area contributed by atoms with Crippen molar-refractivity contribution in [3.8, 4) is 11.4 Å². The van der Waals surface area contributed by atoms with E-state index in [0.717, 1.165) is 30.8 Å². The first-order chi connectivity index (χ1) is 13.9. The van der Waals surface area contributed by atoms with E-state index in [2.05, 4.69) is 28.7 Å². The molecular formula is C21H29N3O4S. The average Bonchev–Trinajstić information content (AvgIpc) is 3.42. The van der Waals surface area contributed by atoms with Crippen LogP contribution in [0.5, 0.6) is 0 Å². The van der Waals surface area contributed by atoms with E-state index in [4.69, 9.17) is 9.47 Å². The number of rotatable bonds is 8. The van der Waals surface area contributed by atoms with Crippen LogP contribution in [-0.2, 0) is 16.0 Å². The topological polar surface area (TPSA) is 82.5 Å². The molecule has 8 heteroatoms. The fourth-order valence-corrected chi connectivity index (χ4v) is 4.09. The molecule has 0 spiro atoms. The quantitative estimate of drug-likeness (QED) is 0.660. The molecule has 1 saturated heterocycles. The Balaban J connectivity index is 1.94. The van der Waals surface area contributed by atoms with Gasteiger partial charge in [-0.15, -0.1) is 11.3 Å². The molecule has 7 nitrogen and oxygen atoms in total. The van der Waals surface area contributed by atoms with Crippen LogP contribution in [0, 0.1) is 12.8 Å². The number of carbonyl (C=O) groups excluding carboxylic acids is 2. The molecule has 1 amide bonds. The van der Waals surface area contributed by atoms with Crippen LogP contribution in [0.15, 0.2) is 11.4 Å². The third-order valence-corrected chi connectivity index (χ3v) is 5.73. The van der Waals surface area contributed by atoms with Gasteiger partial charge in [-0.3, -0.25) is 4.79 Å². The van der Waals surface area contributed by atoms with Gasteiger partial charge in [-0.1, -0.05) is 13.8 Å². The van der Waals surface area contributed by atoms with Gasteiger partial charge in [0.05, 0.1) is 29.7 Å². The molecule has 1 fully saturated rings. The molecule has 1 N–H and O–H groups in total. The minimum absolute atomic E-state index is 0.0932. The summed E-state index contributed by atoms with van der Waals surface area (Å²) in [6.07, 6.45) is 2.16. The van der Waals surface area contributed by atoms with E-state index in [9.17, 15) is 9.59 Å². The Hall–Kier alpha value is -2.19. The highest BCUT2D eigenvalue weighted by atomic mass is 32.1. The van der Waals surface area contributed by atoms with Gasteiger partial charge in [0.2, 0.25) is 5.01 Å². The monoisotopic (exact) mass is 419 g/mol. The minimum atomic E-state index is -0.424. The normalized spacial score (nSPS) is 16.4. The van der Waals surface area contributed by atoms with Crippen LogP contribution >= 0.6 is 11.3 Å². The highest BCUT2D eigenvalue weighted by Crippen LogP contribution is 2.29. The van der Waals surface area contributed by atoms with E-state index in [1.807, 2.05) is 18.4 Å². The maximum absolute atomic E-state index is 12.8. The molecule has 0 aliphatic carbocycles. The second-order valence-electron chi connectivity index (χ2n) is 7.64. The van der Waals surface area contributed by atoms with E-state index in [0.29, 0.717) is 41.9 Å². The van der Waals surface area contributed by atoms with Gasteiger partial charge in [0.15, 0.2) is 0 Å². The van der Waals surface area contributed by atoms with E-state index in [-0.39, 0.29) is 12.0 Å². The van der Waals surface area contributed by atoms with E-state index < -0.39 is 5.97 Å². The maximum atomic E-state index is 12.8. The van der Waals surface area contributed by atoms with Crippen molar-refractivity contribution >= 4 is 23.2 Å². The lowest BCUT2D eigenvalue weighted by Crippen LogP contribution is -2.27. The fourth-order valence-electron chi connectivity index (χ4n) is 3.38. The van der Waals surface area contributed by atoms with Crippen LogP contribution in [0.4, 0.5) is 0 Å². The van der Waals surface area contributed by atoms with Crippen molar-refractivity contribution in [3.05, 3.63) is 27.7 Å². The van der Waals surface area contributed by atoms with Gasteiger partial charge < -0.3 is 19.4 Å². The van der Waals surface area contributed by atoms with Crippen molar-refractivity contribution in [3.63, 3.8) is 0 Å². The van der Waals surface area contributed by atoms with Crippen LogP contribution in [0.2, 0.25) is 0 Å². The number of amides is 1. The molecule has 1 aliphatic heterocycles. The smallest absolute Gasteiger partial charge is 0.367 e. The molecule has 1 unspecified atom stereocenters. The standard InChI is InChI=1S/C21H29N3O4S/c1-5-27-21(26)20-23-17(12-29-20)18-9-16(19(25)22-10-13(2)3)14(4)24(18)11-15-7-6-8-28-15/h9,12-13,15H,5-8,10-11H2,1-4H3,(H,22,25). The number of aromatic nitrogens is 2. The Morgan fingerprint density at radius 2 is 2.24 bits per heavy atom. The van der Waals surface area contributed by atoms with Crippen molar-refractivity contribution in [1.82, 2.24) is 14.9 Å². The van der Waals surface area contributed by atoms with Crippen molar-refractivity contribution in [2.45, 2.75) is 53.2 Å². The number of carbonyl (C=O) groups is 2. The molecule has 2 aromatic heterocycles. The number of hydrogen-bond donors (Lipinski definition) is 1. The Labute approximate surface area is 175 Å². The Kier molecular flexibility index (Phi) is 7.08. The van der Waals surface area contributed by atoms with Gasteiger partial charge >= 0.3 is 5.97 Å². The summed E-state index contributed by atoms with van der Waals surface area (Å²) in [5.41, 5.74) is 2.99. The zero-order valence-corrected chi connectivity index (χ0v) is 18.3. The number of hydrogen-bond acceptors (Lipinski definition) is 6. The molecule has 3 rings (SSSR count). The second-order valence-corrected chi connectivity index (χ2v) is 8.49. The predicted octanol–water partition coefficient (Wildman–Crippen LogP) is 3.66. The molecule has 1 aliphatic rings. The first-order valence-electron chi connectivity index (χ1n) is 10.1. The van der Waals surface area contributed by atoms with Gasteiger partial charge in [-0.25, -0.2) is 9.78 Å². The summed E-state index contributed by atoms with van der Waals surface area (Å²) in [4.78, 5) is 29.2. The van der Waals surface area contributed by atoms with Gasteiger partial charge in [0.1, 0.15) is 0 Å².